The van der Waals surface area contributed by atoms with Gasteiger partial charge in [-0.15, -0.1) is 0 Å². The summed E-state index contributed by atoms with van der Waals surface area (Å²) in [6.45, 7) is -0.498. The number of thiol groups is 1. The van der Waals surface area contributed by atoms with Gasteiger partial charge < -0.3 is 49.1 Å². The molecule has 13 N–H and O–H groups in total. The molecule has 16 heteroatoms. The Morgan fingerprint density at radius 2 is 1.42 bits per heavy atom. The van der Waals surface area contributed by atoms with Gasteiger partial charge in [0.25, 0.3) is 0 Å². The number of aliphatic hydroxyl groups is 1. The Kier molecular flexibility index (Phi) is 14.2. The third-order valence-electron chi connectivity index (χ3n) is 4.22. The Balaban J connectivity index is 5.27. The number of guanidine groups is 1. The second-order valence-corrected chi connectivity index (χ2v) is 7.31. The van der Waals surface area contributed by atoms with Gasteiger partial charge in [0.15, 0.2) is 5.96 Å². The van der Waals surface area contributed by atoms with Crippen molar-refractivity contribution < 1.29 is 34.2 Å². The Bertz CT molecular complexity index is 732. The highest BCUT2D eigenvalue weighted by Crippen LogP contribution is 2.03. The van der Waals surface area contributed by atoms with Crippen LogP contribution in [0.25, 0.3) is 0 Å². The van der Waals surface area contributed by atoms with Crippen LogP contribution in [0.5, 0.6) is 0 Å². The van der Waals surface area contributed by atoms with E-state index in [4.69, 9.17) is 28.0 Å². The maximum Gasteiger partial charge on any atom is 0.326 e. The monoisotopic (exact) mass is 492 g/mol. The molecule has 0 aliphatic heterocycles. The number of carbonyl (C=O) groups excluding carboxylic acids is 4. The number of carboxylic acid groups (broad SMARTS) is 1. The van der Waals surface area contributed by atoms with Gasteiger partial charge in [0.1, 0.15) is 24.2 Å². The first-order valence-corrected chi connectivity index (χ1v) is 10.5. The normalized spacial score (nSPS) is 14.2. The lowest BCUT2D eigenvalue weighted by Gasteiger charge is -2.24. The Morgan fingerprint density at radius 1 is 0.879 bits per heavy atom. The van der Waals surface area contributed by atoms with Crippen LogP contribution in [0.2, 0.25) is 0 Å². The number of carboxylic acids is 1. The highest BCUT2D eigenvalue weighted by atomic mass is 32.1. The van der Waals surface area contributed by atoms with Crippen molar-refractivity contribution in [2.75, 3.05) is 18.9 Å². The number of hydrogen-bond acceptors (Lipinski definition) is 9. The average Bonchev–Trinajstić information content (AvgIpc) is 2.75. The lowest BCUT2D eigenvalue weighted by atomic mass is 10.1. The van der Waals surface area contributed by atoms with Crippen LogP contribution in [0.15, 0.2) is 4.99 Å². The average molecular weight is 493 g/mol. The Morgan fingerprint density at radius 3 is 1.91 bits per heavy atom. The van der Waals surface area contributed by atoms with Crippen molar-refractivity contribution in [1.29, 1.82) is 0 Å². The number of nitrogens with one attached hydrogen (secondary N) is 3. The summed E-state index contributed by atoms with van der Waals surface area (Å²) < 4.78 is 0. The molecule has 0 rings (SSSR count). The van der Waals surface area contributed by atoms with E-state index in [1.165, 1.54) is 0 Å². The number of nitrogens with two attached hydrogens (primary N) is 4. The SMILES string of the molecule is NC(=O)CCC(NC(=O)C(CS)NC(=O)C(CCCN=C(N)N)NC(=O)C(N)CO)C(=O)O. The number of aliphatic imine (C=N–C) groups is 1. The first-order valence-electron chi connectivity index (χ1n) is 9.87. The lowest BCUT2D eigenvalue weighted by molar-refractivity contribution is -0.142. The number of rotatable bonds is 16. The van der Waals surface area contributed by atoms with Gasteiger partial charge in [-0.3, -0.25) is 24.2 Å². The van der Waals surface area contributed by atoms with Gasteiger partial charge in [0, 0.05) is 18.7 Å². The summed E-state index contributed by atoms with van der Waals surface area (Å²) in [6.07, 6.45) is -0.184. The van der Waals surface area contributed by atoms with Gasteiger partial charge in [-0.1, -0.05) is 0 Å². The molecular weight excluding hydrogens is 460 g/mol. The molecule has 0 aliphatic rings. The molecular formula is C17H32N8O7S. The topological polar surface area (TPSA) is 278 Å². The number of nitrogens with zero attached hydrogens (tertiary/aromatic N) is 1. The van der Waals surface area contributed by atoms with E-state index in [1.807, 2.05) is 0 Å². The van der Waals surface area contributed by atoms with Crippen molar-refractivity contribution in [2.24, 2.45) is 27.9 Å². The van der Waals surface area contributed by atoms with E-state index in [9.17, 15) is 29.1 Å². The standard InChI is InChI=1S/C17H32N8O7S/c18-8(6-26)13(28)23-9(2-1-5-22-17(20)21)14(29)25-11(7-33)15(30)24-10(16(31)32)3-4-12(19)27/h8-11,26,33H,1-7,18H2,(H2,19,27)(H,23,28)(H,24,30)(H,25,29)(H,31,32)(H4,20,21,22). The molecule has 0 radical (unpaired) electrons. The van der Waals surface area contributed by atoms with Crippen LogP contribution < -0.4 is 38.9 Å². The van der Waals surface area contributed by atoms with E-state index in [1.54, 1.807) is 0 Å². The largest absolute Gasteiger partial charge is 0.480 e. The van der Waals surface area contributed by atoms with Crippen molar-refractivity contribution in [3.05, 3.63) is 0 Å². The van der Waals surface area contributed by atoms with Gasteiger partial charge in [-0.05, 0) is 19.3 Å². The zero-order valence-electron chi connectivity index (χ0n) is 17.9. The van der Waals surface area contributed by atoms with Crippen LogP contribution >= 0.6 is 12.6 Å². The van der Waals surface area contributed by atoms with Gasteiger partial charge in [-0.2, -0.15) is 12.6 Å². The molecule has 0 aromatic heterocycles. The van der Waals surface area contributed by atoms with E-state index >= 15 is 0 Å². The van der Waals surface area contributed by atoms with Crippen molar-refractivity contribution in [3.8, 4) is 0 Å². The molecule has 4 unspecified atom stereocenters. The van der Waals surface area contributed by atoms with Crippen LogP contribution in [-0.2, 0) is 24.0 Å². The molecule has 0 aromatic carbocycles. The molecule has 0 aromatic rings. The lowest BCUT2D eigenvalue weighted by Crippen LogP contribution is -2.58. The molecule has 0 bridgehead atoms. The summed E-state index contributed by atoms with van der Waals surface area (Å²) in [4.78, 5) is 63.2. The highest BCUT2D eigenvalue weighted by Gasteiger charge is 2.29. The molecule has 188 valence electrons. The zero-order chi connectivity index (χ0) is 25.6. The van der Waals surface area contributed by atoms with Crippen LogP contribution in [0.3, 0.4) is 0 Å². The van der Waals surface area contributed by atoms with Crippen molar-refractivity contribution >= 4 is 48.2 Å². The predicted octanol–water partition coefficient (Wildman–Crippen LogP) is -4.91. The number of amides is 4. The van der Waals surface area contributed by atoms with Crippen LogP contribution in [0, 0.1) is 0 Å². The first kappa shape index (κ1) is 29.9. The minimum atomic E-state index is -1.41. The van der Waals surface area contributed by atoms with E-state index in [0.29, 0.717) is 0 Å². The number of hydrogen-bond donors (Lipinski definition) is 10. The van der Waals surface area contributed by atoms with Gasteiger partial charge in [-0.25, -0.2) is 4.79 Å². The number of aliphatic carboxylic acids is 1. The number of aliphatic hydroxyl groups excluding tert-OH is 1. The smallest absolute Gasteiger partial charge is 0.326 e. The third-order valence-corrected chi connectivity index (χ3v) is 4.59. The molecule has 0 saturated carbocycles. The fraction of sp³-hybridized carbons (Fsp3) is 0.647. The minimum absolute atomic E-state index is 0.0593. The molecule has 0 aliphatic carbocycles. The molecule has 33 heavy (non-hydrogen) atoms. The summed E-state index contributed by atoms with van der Waals surface area (Å²) >= 11 is 4.00. The van der Waals surface area contributed by atoms with Crippen LogP contribution in [0.4, 0.5) is 0 Å². The first-order chi connectivity index (χ1) is 15.4. The molecule has 0 fully saturated rings. The molecule has 0 saturated heterocycles. The fourth-order valence-electron chi connectivity index (χ4n) is 2.42. The van der Waals surface area contributed by atoms with E-state index < -0.39 is 60.4 Å². The van der Waals surface area contributed by atoms with E-state index in [0.717, 1.165) is 0 Å². The van der Waals surface area contributed by atoms with E-state index in [2.05, 4.69) is 33.6 Å². The Hall–Kier alpha value is -3.11. The molecule has 15 nitrogen and oxygen atoms in total. The van der Waals surface area contributed by atoms with Gasteiger partial charge in [0.2, 0.25) is 23.6 Å². The summed E-state index contributed by atoms with van der Waals surface area (Å²) in [5, 5.41) is 25.2. The molecule has 4 amide bonds. The maximum absolute atomic E-state index is 12.7. The van der Waals surface area contributed by atoms with Gasteiger partial charge >= 0.3 is 5.97 Å². The fourth-order valence-corrected chi connectivity index (χ4v) is 2.67. The second kappa shape index (κ2) is 15.7. The van der Waals surface area contributed by atoms with Crippen LogP contribution in [0.1, 0.15) is 25.7 Å². The quantitative estimate of drug-likeness (QED) is 0.0424. The van der Waals surface area contributed by atoms with E-state index in [-0.39, 0.29) is 43.9 Å². The molecule has 4 atom stereocenters. The predicted molar refractivity (Wildman–Crippen MR) is 121 cm³/mol. The Labute approximate surface area is 195 Å². The molecule has 0 spiro atoms. The van der Waals surface area contributed by atoms with Crippen molar-refractivity contribution in [2.45, 2.75) is 49.9 Å². The van der Waals surface area contributed by atoms with Crippen molar-refractivity contribution in [1.82, 2.24) is 16.0 Å². The van der Waals surface area contributed by atoms with Gasteiger partial charge in [0.05, 0.1) is 6.61 Å². The third kappa shape index (κ3) is 12.5. The number of primary amides is 1. The maximum atomic E-state index is 12.7. The highest BCUT2D eigenvalue weighted by molar-refractivity contribution is 7.80. The second-order valence-electron chi connectivity index (χ2n) is 6.95. The summed E-state index contributed by atoms with van der Waals surface area (Å²) in [5.41, 5.74) is 20.9. The summed E-state index contributed by atoms with van der Waals surface area (Å²) in [5.74, 6) is -4.94. The number of carbonyl (C=O) groups is 5. The van der Waals surface area contributed by atoms with Crippen molar-refractivity contribution in [3.63, 3.8) is 0 Å². The summed E-state index contributed by atoms with van der Waals surface area (Å²) in [7, 11) is 0. The zero-order valence-corrected chi connectivity index (χ0v) is 18.8. The minimum Gasteiger partial charge on any atom is -0.480 e. The van der Waals surface area contributed by atoms with Crippen LogP contribution in [-0.4, -0.2) is 88.8 Å². The summed E-state index contributed by atoms with van der Waals surface area (Å²) in [6, 6.07) is -5.12. The molecule has 0 heterocycles.